The first-order valence-electron chi connectivity index (χ1n) is 6.41. The molecule has 0 spiro atoms. The highest BCUT2D eigenvalue weighted by Gasteiger charge is 2.17. The number of rotatable bonds is 8. The fourth-order valence-electron chi connectivity index (χ4n) is 1.04. The van der Waals surface area contributed by atoms with Crippen LogP contribution in [0.5, 0.6) is 0 Å². The minimum absolute atomic E-state index is 0.271. The van der Waals surface area contributed by atoms with Crippen LogP contribution < -0.4 is 0 Å². The molecule has 0 aromatic heterocycles. The number of hydrogen-bond donors (Lipinski definition) is 2. The van der Waals surface area contributed by atoms with Gasteiger partial charge in [0.2, 0.25) is 0 Å². The number of hydrogen-bond acceptors (Lipinski definition) is 9. The van der Waals surface area contributed by atoms with Crippen molar-refractivity contribution in [2.45, 2.75) is 39.1 Å². The molecule has 0 rings (SSSR count). The highest BCUT2D eigenvalue weighted by Crippen LogP contribution is 2.01. The summed E-state index contributed by atoms with van der Waals surface area (Å²) < 4.78 is 22.9. The summed E-state index contributed by atoms with van der Waals surface area (Å²) in [4.78, 5) is 32.6. The van der Waals surface area contributed by atoms with Gasteiger partial charge in [0.25, 0.3) is 0 Å². The van der Waals surface area contributed by atoms with E-state index < -0.39 is 36.8 Å². The van der Waals surface area contributed by atoms with Crippen LogP contribution in [-0.2, 0) is 23.7 Å². The van der Waals surface area contributed by atoms with Crippen molar-refractivity contribution < 1.29 is 48.3 Å². The van der Waals surface area contributed by atoms with E-state index in [0.29, 0.717) is 0 Å². The monoisotopic (exact) mass is 324 g/mol. The molecule has 0 saturated heterocycles. The van der Waals surface area contributed by atoms with Crippen molar-refractivity contribution >= 4 is 18.5 Å². The molecule has 0 saturated carbocycles. The molecule has 3 atom stereocenters. The maximum absolute atomic E-state index is 11.3. The molecule has 10 heteroatoms. The van der Waals surface area contributed by atoms with Crippen LogP contribution in [0.2, 0.25) is 0 Å². The highest BCUT2D eigenvalue weighted by atomic mass is 16.8. The molecule has 3 unspecified atom stereocenters. The maximum atomic E-state index is 11.3. The highest BCUT2D eigenvalue weighted by molar-refractivity contribution is 5.61. The lowest BCUT2D eigenvalue weighted by Gasteiger charge is -2.16. The molecule has 0 radical (unpaired) electrons. The second-order valence-electron chi connectivity index (χ2n) is 4.36. The molecule has 2 N–H and O–H groups in total. The van der Waals surface area contributed by atoms with Crippen LogP contribution >= 0.6 is 0 Å². The van der Waals surface area contributed by atoms with E-state index in [1.165, 1.54) is 20.8 Å². The predicted molar refractivity (Wildman–Crippen MR) is 69.4 cm³/mol. The van der Waals surface area contributed by atoms with Crippen LogP contribution in [0.15, 0.2) is 0 Å². The molecule has 22 heavy (non-hydrogen) atoms. The number of carbonyl (C=O) groups excluding carboxylic acids is 2. The van der Waals surface area contributed by atoms with Crippen LogP contribution in [0.1, 0.15) is 20.8 Å². The molecule has 0 aliphatic carbocycles. The van der Waals surface area contributed by atoms with Gasteiger partial charge in [0, 0.05) is 0 Å². The molecular formula is C12H20O10. The molecular weight excluding hydrogens is 304 g/mol. The van der Waals surface area contributed by atoms with E-state index in [1.54, 1.807) is 0 Å². The number of ether oxygens (including phenoxy) is 5. The van der Waals surface area contributed by atoms with Crippen molar-refractivity contribution in [2.75, 3.05) is 19.8 Å². The van der Waals surface area contributed by atoms with Gasteiger partial charge in [-0.25, -0.2) is 14.4 Å². The lowest BCUT2D eigenvalue weighted by molar-refractivity contribution is -0.0346. The normalized spacial score (nSPS) is 14.2. The average molecular weight is 324 g/mol. The lowest BCUT2D eigenvalue weighted by Crippen LogP contribution is -2.27. The molecule has 0 aromatic carbocycles. The molecule has 0 amide bonds. The summed E-state index contributed by atoms with van der Waals surface area (Å²) in [5, 5.41) is 17.0. The molecule has 0 fully saturated rings. The first kappa shape index (κ1) is 19.8. The van der Waals surface area contributed by atoms with Crippen molar-refractivity contribution in [1.82, 2.24) is 0 Å². The Morgan fingerprint density at radius 3 is 1.64 bits per heavy atom. The van der Waals surface area contributed by atoms with Gasteiger partial charge in [-0.2, -0.15) is 0 Å². The molecule has 10 nitrogen and oxygen atoms in total. The zero-order valence-corrected chi connectivity index (χ0v) is 12.5. The Kier molecular flexibility index (Phi) is 9.43. The quantitative estimate of drug-likeness (QED) is 0.493. The molecule has 128 valence electrons. The maximum Gasteiger partial charge on any atom is 0.508 e. The summed E-state index contributed by atoms with van der Waals surface area (Å²) in [7, 11) is 0. The predicted octanol–water partition coefficient (Wildman–Crippen LogP) is 1.15. The van der Waals surface area contributed by atoms with Gasteiger partial charge in [-0.05, 0) is 20.8 Å². The molecule has 0 aromatic rings. The Morgan fingerprint density at radius 1 is 0.818 bits per heavy atom. The van der Waals surface area contributed by atoms with Crippen LogP contribution in [-0.4, -0.2) is 66.8 Å². The van der Waals surface area contributed by atoms with Crippen molar-refractivity contribution in [1.29, 1.82) is 0 Å². The SMILES string of the molecule is CC(COC(=O)OC(C)COC(=O)OC(C)CO)OC(=O)O. The van der Waals surface area contributed by atoms with Crippen molar-refractivity contribution in [3.8, 4) is 0 Å². The number of carbonyl (C=O) groups is 3. The first-order valence-corrected chi connectivity index (χ1v) is 6.41. The van der Waals surface area contributed by atoms with E-state index in [1.807, 2.05) is 0 Å². The van der Waals surface area contributed by atoms with E-state index >= 15 is 0 Å². The fraction of sp³-hybridized carbons (Fsp3) is 0.750. The Morgan fingerprint density at radius 2 is 1.23 bits per heavy atom. The largest absolute Gasteiger partial charge is 0.508 e. The topological polar surface area (TPSA) is 138 Å². The van der Waals surface area contributed by atoms with E-state index in [2.05, 4.69) is 18.9 Å². The molecule has 0 aliphatic rings. The molecule has 0 bridgehead atoms. The fourth-order valence-corrected chi connectivity index (χ4v) is 1.04. The van der Waals surface area contributed by atoms with Crippen molar-refractivity contribution in [3.05, 3.63) is 0 Å². The summed E-state index contributed by atoms with van der Waals surface area (Å²) in [5.41, 5.74) is 0. The van der Waals surface area contributed by atoms with Gasteiger partial charge < -0.3 is 33.9 Å². The second kappa shape index (κ2) is 10.5. The third-order valence-corrected chi connectivity index (χ3v) is 2.03. The first-order chi connectivity index (χ1) is 10.2. The summed E-state index contributed by atoms with van der Waals surface area (Å²) in [6, 6.07) is 0. The lowest BCUT2D eigenvalue weighted by atomic mass is 10.4. The summed E-state index contributed by atoms with van der Waals surface area (Å²) in [6.07, 6.45) is -5.90. The minimum Gasteiger partial charge on any atom is -0.450 e. The van der Waals surface area contributed by atoms with Crippen LogP contribution in [0, 0.1) is 0 Å². The average Bonchev–Trinajstić information content (AvgIpc) is 2.42. The van der Waals surface area contributed by atoms with Gasteiger partial charge in [-0.1, -0.05) is 0 Å². The Balaban J connectivity index is 3.86. The molecule has 0 aliphatic heterocycles. The number of carboxylic acid groups (broad SMARTS) is 1. The Labute approximate surface area is 126 Å². The van der Waals surface area contributed by atoms with E-state index in [0.717, 1.165) is 0 Å². The van der Waals surface area contributed by atoms with Gasteiger partial charge in [0.05, 0.1) is 6.61 Å². The zero-order chi connectivity index (χ0) is 17.1. The number of aliphatic hydroxyl groups excluding tert-OH is 1. The van der Waals surface area contributed by atoms with Crippen LogP contribution in [0.25, 0.3) is 0 Å². The van der Waals surface area contributed by atoms with Gasteiger partial charge in [-0.15, -0.1) is 0 Å². The van der Waals surface area contributed by atoms with E-state index in [4.69, 9.17) is 14.9 Å². The van der Waals surface area contributed by atoms with Crippen molar-refractivity contribution in [3.63, 3.8) is 0 Å². The summed E-state index contributed by atoms with van der Waals surface area (Å²) >= 11 is 0. The van der Waals surface area contributed by atoms with Crippen LogP contribution in [0.4, 0.5) is 14.4 Å². The smallest absolute Gasteiger partial charge is 0.450 e. The van der Waals surface area contributed by atoms with Gasteiger partial charge in [0.1, 0.15) is 31.5 Å². The van der Waals surface area contributed by atoms with Gasteiger partial charge in [0.15, 0.2) is 0 Å². The number of aliphatic hydroxyl groups is 1. The van der Waals surface area contributed by atoms with Gasteiger partial charge >= 0.3 is 18.5 Å². The second-order valence-corrected chi connectivity index (χ2v) is 4.36. The van der Waals surface area contributed by atoms with E-state index in [-0.39, 0.29) is 19.8 Å². The Hall–Kier alpha value is -2.23. The minimum atomic E-state index is -1.48. The third kappa shape index (κ3) is 10.5. The third-order valence-electron chi connectivity index (χ3n) is 2.03. The summed E-state index contributed by atoms with van der Waals surface area (Å²) in [5.74, 6) is 0. The standard InChI is InChI=1S/C12H20O10/c1-7(4-13)21-11(16)19-6-9(3)22-12(17)18-5-8(2)20-10(14)15/h7-9,13H,4-6H2,1-3H3,(H,14,15). The van der Waals surface area contributed by atoms with Crippen LogP contribution in [0.3, 0.4) is 0 Å². The zero-order valence-electron chi connectivity index (χ0n) is 12.5. The molecule has 0 heterocycles. The Bertz CT molecular complexity index is 369. The summed E-state index contributed by atoms with van der Waals surface area (Å²) in [6.45, 7) is 3.39. The van der Waals surface area contributed by atoms with E-state index in [9.17, 15) is 14.4 Å². The van der Waals surface area contributed by atoms with Crippen molar-refractivity contribution in [2.24, 2.45) is 0 Å². The van der Waals surface area contributed by atoms with Gasteiger partial charge in [-0.3, -0.25) is 0 Å².